The van der Waals surface area contributed by atoms with E-state index >= 15 is 0 Å². The average molecular weight is 253 g/mol. The van der Waals surface area contributed by atoms with E-state index in [1.165, 1.54) is 4.68 Å². The van der Waals surface area contributed by atoms with Crippen molar-refractivity contribution in [2.75, 3.05) is 13.2 Å². The van der Waals surface area contributed by atoms with Gasteiger partial charge in [0.1, 0.15) is 12.1 Å². The zero-order valence-corrected chi connectivity index (χ0v) is 9.83. The topological polar surface area (TPSA) is 93.5 Å². The Morgan fingerprint density at radius 1 is 1.44 bits per heavy atom. The maximum absolute atomic E-state index is 11.8. The van der Waals surface area contributed by atoms with Crippen molar-refractivity contribution in [1.29, 1.82) is 0 Å². The molecule has 0 spiro atoms. The van der Waals surface area contributed by atoms with Crippen molar-refractivity contribution < 1.29 is 19.4 Å². The monoisotopic (exact) mass is 253 g/mol. The molecule has 1 aromatic heterocycles. The molecule has 1 saturated heterocycles. The number of rotatable bonds is 4. The Morgan fingerprint density at radius 2 is 2.17 bits per heavy atom. The summed E-state index contributed by atoms with van der Waals surface area (Å²) in [7, 11) is 0. The minimum Gasteiger partial charge on any atom is -0.480 e. The number of hydrogen-bond donors (Lipinski definition) is 2. The highest BCUT2D eigenvalue weighted by Crippen LogP contribution is 2.21. The maximum Gasteiger partial charge on any atom is 0.329 e. The van der Waals surface area contributed by atoms with Gasteiger partial charge in [0.2, 0.25) is 5.91 Å². The molecule has 0 aromatic carbocycles. The number of nitrogens with zero attached hydrogens (tertiary/aromatic N) is 2. The molecule has 18 heavy (non-hydrogen) atoms. The molecule has 7 heteroatoms. The summed E-state index contributed by atoms with van der Waals surface area (Å²) in [5.41, 5.74) is -1.21. The van der Waals surface area contributed by atoms with Gasteiger partial charge in [0.05, 0.1) is 0 Å². The summed E-state index contributed by atoms with van der Waals surface area (Å²) in [5, 5.41) is 15.8. The van der Waals surface area contributed by atoms with Crippen molar-refractivity contribution in [2.45, 2.75) is 24.9 Å². The van der Waals surface area contributed by atoms with Crippen LogP contribution in [0.2, 0.25) is 0 Å². The van der Waals surface area contributed by atoms with Crippen LogP contribution in [0.15, 0.2) is 18.5 Å². The first-order chi connectivity index (χ1) is 8.62. The van der Waals surface area contributed by atoms with Crippen LogP contribution in [0.3, 0.4) is 0 Å². The molecule has 1 fully saturated rings. The fraction of sp³-hybridized carbons (Fsp3) is 0.545. The van der Waals surface area contributed by atoms with Gasteiger partial charge in [-0.25, -0.2) is 4.79 Å². The number of nitrogens with one attached hydrogen (secondary N) is 1. The maximum atomic E-state index is 11.8. The molecule has 2 N–H and O–H groups in total. The number of ether oxygens (including phenoxy) is 1. The standard InChI is InChI=1S/C11H15N3O4/c15-9(8-14-5-1-4-12-14)13-11(10(16)17)2-6-18-7-3-11/h1,4-5H,2-3,6-8H2,(H,13,15)(H,16,17). The Balaban J connectivity index is 2.00. The van der Waals surface area contributed by atoms with Crippen molar-refractivity contribution in [2.24, 2.45) is 0 Å². The second-order valence-electron chi connectivity index (χ2n) is 4.25. The van der Waals surface area contributed by atoms with Gasteiger partial charge in [0.25, 0.3) is 0 Å². The Hall–Kier alpha value is -1.89. The summed E-state index contributed by atoms with van der Waals surface area (Å²) in [4.78, 5) is 23.1. The highest BCUT2D eigenvalue weighted by atomic mass is 16.5. The van der Waals surface area contributed by atoms with Crippen molar-refractivity contribution in [3.8, 4) is 0 Å². The van der Waals surface area contributed by atoms with Gasteiger partial charge in [-0.15, -0.1) is 0 Å². The molecule has 1 aliphatic heterocycles. The summed E-state index contributed by atoms with van der Waals surface area (Å²) in [6.07, 6.45) is 3.78. The van der Waals surface area contributed by atoms with Crippen molar-refractivity contribution >= 4 is 11.9 Å². The number of carbonyl (C=O) groups is 2. The predicted octanol–water partition coefficient (Wildman–Crippen LogP) is -0.367. The lowest BCUT2D eigenvalue weighted by atomic mass is 9.90. The zero-order chi connectivity index (χ0) is 13.0. The van der Waals surface area contributed by atoms with E-state index in [0.717, 1.165) is 0 Å². The van der Waals surface area contributed by atoms with Crippen LogP contribution in [0.4, 0.5) is 0 Å². The molecule has 0 aliphatic carbocycles. The largest absolute Gasteiger partial charge is 0.480 e. The number of hydrogen-bond acceptors (Lipinski definition) is 4. The van der Waals surface area contributed by atoms with Gasteiger partial charge in [-0.05, 0) is 6.07 Å². The molecule has 1 aliphatic rings. The Morgan fingerprint density at radius 3 is 2.72 bits per heavy atom. The van der Waals surface area contributed by atoms with Crippen molar-refractivity contribution in [3.05, 3.63) is 18.5 Å². The van der Waals surface area contributed by atoms with Crippen LogP contribution in [0.25, 0.3) is 0 Å². The first kappa shape index (κ1) is 12.6. The first-order valence-corrected chi connectivity index (χ1v) is 5.72. The van der Waals surface area contributed by atoms with Crippen LogP contribution < -0.4 is 5.32 Å². The lowest BCUT2D eigenvalue weighted by molar-refractivity contribution is -0.152. The van der Waals surface area contributed by atoms with Crippen LogP contribution in [0.5, 0.6) is 0 Å². The van der Waals surface area contributed by atoms with Gasteiger partial charge in [0, 0.05) is 38.4 Å². The molecule has 0 unspecified atom stereocenters. The average Bonchev–Trinajstić information content (AvgIpc) is 2.82. The Bertz CT molecular complexity index is 424. The zero-order valence-electron chi connectivity index (χ0n) is 9.83. The van der Waals surface area contributed by atoms with Crippen LogP contribution in [0, 0.1) is 0 Å². The number of amides is 1. The van der Waals surface area contributed by atoms with E-state index in [-0.39, 0.29) is 25.3 Å². The molecule has 1 amide bonds. The molecule has 2 rings (SSSR count). The molecular formula is C11H15N3O4. The molecule has 0 radical (unpaired) electrons. The van der Waals surface area contributed by atoms with Crippen LogP contribution in [-0.4, -0.2) is 45.5 Å². The van der Waals surface area contributed by atoms with Crippen molar-refractivity contribution in [3.63, 3.8) is 0 Å². The lowest BCUT2D eigenvalue weighted by Crippen LogP contribution is -2.58. The molecule has 2 heterocycles. The fourth-order valence-corrected chi connectivity index (χ4v) is 1.96. The van der Waals surface area contributed by atoms with E-state index in [9.17, 15) is 14.7 Å². The van der Waals surface area contributed by atoms with Gasteiger partial charge >= 0.3 is 5.97 Å². The predicted molar refractivity (Wildman–Crippen MR) is 60.8 cm³/mol. The second-order valence-corrected chi connectivity index (χ2v) is 4.25. The summed E-state index contributed by atoms with van der Waals surface area (Å²) in [6.45, 7) is 0.700. The molecule has 7 nitrogen and oxygen atoms in total. The van der Waals surface area contributed by atoms with E-state index in [1.54, 1.807) is 18.5 Å². The van der Waals surface area contributed by atoms with Gasteiger partial charge in [0.15, 0.2) is 0 Å². The first-order valence-electron chi connectivity index (χ1n) is 5.72. The van der Waals surface area contributed by atoms with Gasteiger partial charge in [-0.1, -0.05) is 0 Å². The molecule has 1 aromatic rings. The number of carbonyl (C=O) groups excluding carboxylic acids is 1. The van der Waals surface area contributed by atoms with Crippen molar-refractivity contribution in [1.82, 2.24) is 15.1 Å². The SMILES string of the molecule is O=C(Cn1cccn1)NC1(C(=O)O)CCOCC1. The third-order valence-corrected chi connectivity index (χ3v) is 3.00. The molecule has 98 valence electrons. The van der Waals surface area contributed by atoms with Crippen LogP contribution in [0.1, 0.15) is 12.8 Å². The van der Waals surface area contributed by atoms with Gasteiger partial charge in [-0.2, -0.15) is 5.10 Å². The fourth-order valence-electron chi connectivity index (χ4n) is 1.96. The molecule has 0 bridgehead atoms. The number of carboxylic acid groups (broad SMARTS) is 1. The quantitative estimate of drug-likeness (QED) is 0.763. The van der Waals surface area contributed by atoms with E-state index in [4.69, 9.17) is 4.74 Å². The van der Waals surface area contributed by atoms with E-state index in [2.05, 4.69) is 10.4 Å². The number of carboxylic acids is 1. The third-order valence-electron chi connectivity index (χ3n) is 3.00. The lowest BCUT2D eigenvalue weighted by Gasteiger charge is -2.33. The number of aromatic nitrogens is 2. The summed E-state index contributed by atoms with van der Waals surface area (Å²) in [6, 6.07) is 1.70. The normalized spacial score (nSPS) is 18.2. The van der Waals surface area contributed by atoms with Gasteiger partial charge in [-0.3, -0.25) is 9.48 Å². The second kappa shape index (κ2) is 5.18. The van der Waals surface area contributed by atoms with E-state index in [0.29, 0.717) is 13.2 Å². The summed E-state index contributed by atoms with van der Waals surface area (Å²) < 4.78 is 6.58. The highest BCUT2D eigenvalue weighted by molar-refractivity contribution is 5.87. The smallest absolute Gasteiger partial charge is 0.329 e. The number of aliphatic carboxylic acids is 1. The highest BCUT2D eigenvalue weighted by Gasteiger charge is 2.41. The third kappa shape index (κ3) is 2.67. The summed E-state index contributed by atoms with van der Waals surface area (Å²) >= 11 is 0. The van der Waals surface area contributed by atoms with Gasteiger partial charge < -0.3 is 15.2 Å². The van der Waals surface area contributed by atoms with Crippen LogP contribution in [-0.2, 0) is 20.9 Å². The van der Waals surface area contributed by atoms with E-state index in [1.807, 2.05) is 0 Å². The van der Waals surface area contributed by atoms with E-state index < -0.39 is 11.5 Å². The Labute approximate surface area is 104 Å². The molecular weight excluding hydrogens is 238 g/mol. The van der Waals surface area contributed by atoms with Crippen LogP contribution >= 0.6 is 0 Å². The summed E-state index contributed by atoms with van der Waals surface area (Å²) in [5.74, 6) is -1.37. The molecule has 0 saturated carbocycles. The minimum atomic E-state index is -1.21. The Kier molecular flexibility index (Phi) is 3.61. The minimum absolute atomic E-state index is 0.0168. The molecule has 0 atom stereocenters.